The van der Waals surface area contributed by atoms with Crippen molar-refractivity contribution in [3.8, 4) is 0 Å². The van der Waals surface area contributed by atoms with Gasteiger partial charge in [0.25, 0.3) is 0 Å². The van der Waals surface area contributed by atoms with Gasteiger partial charge >= 0.3 is 0 Å². The van der Waals surface area contributed by atoms with Crippen LogP contribution in [0, 0.1) is 6.92 Å². The van der Waals surface area contributed by atoms with Gasteiger partial charge in [0.1, 0.15) is 13.1 Å². The molecule has 0 aromatic heterocycles. The van der Waals surface area contributed by atoms with Gasteiger partial charge < -0.3 is 0 Å². The van der Waals surface area contributed by atoms with E-state index in [1.165, 1.54) is 31.2 Å². The quantitative estimate of drug-likeness (QED) is 0.702. The molecule has 0 saturated carbocycles. The van der Waals surface area contributed by atoms with Crippen molar-refractivity contribution in [1.29, 1.82) is 0 Å². The van der Waals surface area contributed by atoms with Gasteiger partial charge in [-0.2, -0.15) is 0 Å². The fourth-order valence-electron chi connectivity index (χ4n) is 2.22. The normalized spacial score (nSPS) is 17.4. The largest absolute Gasteiger partial charge is 0.236 e. The van der Waals surface area contributed by atoms with E-state index >= 15 is 0 Å². The summed E-state index contributed by atoms with van der Waals surface area (Å²) >= 11 is 6.32. The summed E-state index contributed by atoms with van der Waals surface area (Å²) in [5.74, 6) is 0. The van der Waals surface area contributed by atoms with E-state index < -0.39 is 0 Å². The topological polar surface area (TPSA) is 3.01 Å². The Kier molecular flexibility index (Phi) is 5.00. The second kappa shape index (κ2) is 6.75. The molecule has 2 heteroatoms. The predicted octanol–water partition coefficient (Wildman–Crippen LogP) is 4.23. The van der Waals surface area contributed by atoms with Gasteiger partial charge in [-0.15, -0.1) is 0 Å². The highest BCUT2D eigenvalue weighted by Gasteiger charge is 2.08. The molecule has 1 fully saturated rings. The Hall–Kier alpha value is -1.08. The first-order valence-electron chi connectivity index (χ1n) is 6.77. The predicted molar refractivity (Wildman–Crippen MR) is 79.5 cm³/mol. The van der Waals surface area contributed by atoms with Gasteiger partial charge in [0.15, 0.2) is 6.21 Å². The molecule has 0 aliphatic carbocycles. The molecule has 0 unspecified atom stereocenters. The Labute approximate surface area is 115 Å². The average Bonchev–Trinajstić information content (AvgIpc) is 2.65. The fraction of sp³-hybridized carbons (Fsp3) is 0.438. The van der Waals surface area contributed by atoms with Crippen molar-refractivity contribution in [2.45, 2.75) is 32.6 Å². The van der Waals surface area contributed by atoms with Crippen LogP contribution < -0.4 is 0 Å². The number of halogens is 1. The van der Waals surface area contributed by atoms with Crippen molar-refractivity contribution in [1.82, 2.24) is 0 Å². The lowest BCUT2D eigenvalue weighted by Crippen LogP contribution is -2.13. The summed E-state index contributed by atoms with van der Waals surface area (Å²) in [6.45, 7) is 4.41. The van der Waals surface area contributed by atoms with Crippen molar-refractivity contribution >= 4 is 22.8 Å². The summed E-state index contributed by atoms with van der Waals surface area (Å²) in [5, 5.41) is 0.819. The molecule has 0 bridgehead atoms. The molecule has 96 valence electrons. The number of aryl methyl sites for hydroxylation is 1. The van der Waals surface area contributed by atoms with Crippen molar-refractivity contribution in [3.05, 3.63) is 41.5 Å². The first-order chi connectivity index (χ1) is 8.75. The molecule has 1 aliphatic rings. The third-order valence-electron chi connectivity index (χ3n) is 3.40. The standard InChI is InChI=1S/C16H21ClN/c1-14-6-8-15(9-7-14)16(17)10-13-18-11-4-2-3-5-12-18/h6-10,13H,2-5,11-12H2,1H3/q+1/b16-10-. The van der Waals surface area contributed by atoms with Crippen LogP contribution in [0.2, 0.25) is 0 Å². The van der Waals surface area contributed by atoms with Crippen molar-refractivity contribution in [2.24, 2.45) is 0 Å². The van der Waals surface area contributed by atoms with Gasteiger partial charge in [0, 0.05) is 18.9 Å². The number of benzene rings is 1. The summed E-state index contributed by atoms with van der Waals surface area (Å²) in [5.41, 5.74) is 2.35. The third kappa shape index (κ3) is 3.99. The smallest absolute Gasteiger partial charge is 0.164 e. The summed E-state index contributed by atoms with van der Waals surface area (Å²) in [7, 11) is 0. The van der Waals surface area contributed by atoms with Crippen LogP contribution in [-0.2, 0) is 0 Å². The summed E-state index contributed by atoms with van der Waals surface area (Å²) < 4.78 is 2.38. The van der Waals surface area contributed by atoms with E-state index in [0.29, 0.717) is 0 Å². The Morgan fingerprint density at radius 2 is 1.67 bits per heavy atom. The van der Waals surface area contributed by atoms with E-state index in [0.717, 1.165) is 23.7 Å². The molecule has 2 rings (SSSR count). The minimum absolute atomic E-state index is 0.819. The fourth-order valence-corrected chi connectivity index (χ4v) is 2.41. The first kappa shape index (κ1) is 13.4. The molecule has 0 N–H and O–H groups in total. The van der Waals surface area contributed by atoms with Crippen LogP contribution in [0.4, 0.5) is 0 Å². The van der Waals surface area contributed by atoms with E-state index in [2.05, 4.69) is 42.0 Å². The number of rotatable bonds is 2. The Balaban J connectivity index is 2.07. The molecule has 0 spiro atoms. The minimum atomic E-state index is 0.819. The van der Waals surface area contributed by atoms with Crippen LogP contribution in [0.15, 0.2) is 30.3 Å². The summed E-state index contributed by atoms with van der Waals surface area (Å²) in [4.78, 5) is 0. The molecule has 1 aliphatic heterocycles. The molecule has 0 radical (unpaired) electrons. The van der Waals surface area contributed by atoms with Gasteiger partial charge in [0.05, 0.1) is 5.03 Å². The van der Waals surface area contributed by atoms with Crippen LogP contribution in [-0.4, -0.2) is 23.9 Å². The Bertz CT molecular complexity index is 433. The maximum atomic E-state index is 6.32. The lowest BCUT2D eigenvalue weighted by molar-refractivity contribution is -0.520. The van der Waals surface area contributed by atoms with Crippen molar-refractivity contribution in [3.63, 3.8) is 0 Å². The van der Waals surface area contributed by atoms with Crippen LogP contribution in [0.5, 0.6) is 0 Å². The molecule has 1 aromatic rings. The Morgan fingerprint density at radius 3 is 2.28 bits per heavy atom. The number of hydrogen-bond donors (Lipinski definition) is 0. The Morgan fingerprint density at radius 1 is 1.06 bits per heavy atom. The molecule has 0 amide bonds. The highest BCUT2D eigenvalue weighted by Crippen LogP contribution is 2.18. The zero-order chi connectivity index (χ0) is 12.8. The van der Waals surface area contributed by atoms with E-state index in [4.69, 9.17) is 11.6 Å². The van der Waals surface area contributed by atoms with Crippen molar-refractivity contribution in [2.75, 3.05) is 13.1 Å². The lowest BCUT2D eigenvalue weighted by Gasteiger charge is -1.99. The zero-order valence-electron chi connectivity index (χ0n) is 11.0. The average molecular weight is 263 g/mol. The molecule has 1 nitrogen and oxygen atoms in total. The van der Waals surface area contributed by atoms with E-state index in [1.807, 2.05) is 6.08 Å². The SMILES string of the molecule is Cc1ccc(/C(Cl)=C/C=[N+]2CCCCCC2)cc1. The van der Waals surface area contributed by atoms with Crippen LogP contribution in [0.25, 0.3) is 5.03 Å². The van der Waals surface area contributed by atoms with Gasteiger partial charge in [-0.3, -0.25) is 0 Å². The third-order valence-corrected chi connectivity index (χ3v) is 3.74. The van der Waals surface area contributed by atoms with Gasteiger partial charge in [-0.05, 0) is 25.3 Å². The molecular formula is C16H21ClN+. The van der Waals surface area contributed by atoms with Crippen LogP contribution in [0.1, 0.15) is 36.8 Å². The second-order valence-corrected chi connectivity index (χ2v) is 5.39. The lowest BCUT2D eigenvalue weighted by atomic mass is 10.1. The van der Waals surface area contributed by atoms with E-state index in [1.54, 1.807) is 0 Å². The zero-order valence-corrected chi connectivity index (χ0v) is 11.8. The highest BCUT2D eigenvalue weighted by atomic mass is 35.5. The highest BCUT2D eigenvalue weighted by molar-refractivity contribution is 6.49. The maximum absolute atomic E-state index is 6.32. The molecular weight excluding hydrogens is 242 g/mol. The van der Waals surface area contributed by atoms with Crippen LogP contribution in [0.3, 0.4) is 0 Å². The monoisotopic (exact) mass is 262 g/mol. The maximum Gasteiger partial charge on any atom is 0.164 e. The van der Waals surface area contributed by atoms with E-state index in [-0.39, 0.29) is 0 Å². The van der Waals surface area contributed by atoms with Crippen molar-refractivity contribution < 1.29 is 4.58 Å². The second-order valence-electron chi connectivity index (χ2n) is 4.98. The van der Waals surface area contributed by atoms with Crippen LogP contribution >= 0.6 is 11.6 Å². The molecule has 1 aromatic carbocycles. The molecule has 1 saturated heterocycles. The summed E-state index contributed by atoms with van der Waals surface area (Å²) in [6.07, 6.45) is 9.49. The molecule has 1 heterocycles. The molecule has 18 heavy (non-hydrogen) atoms. The summed E-state index contributed by atoms with van der Waals surface area (Å²) in [6, 6.07) is 8.34. The number of allylic oxidation sites excluding steroid dienone is 1. The number of hydrogen-bond acceptors (Lipinski definition) is 0. The minimum Gasteiger partial charge on any atom is -0.236 e. The van der Waals surface area contributed by atoms with E-state index in [9.17, 15) is 0 Å². The first-order valence-corrected chi connectivity index (χ1v) is 7.15. The molecule has 0 atom stereocenters. The van der Waals surface area contributed by atoms with Gasteiger partial charge in [-0.25, -0.2) is 4.58 Å². The van der Waals surface area contributed by atoms with Gasteiger partial charge in [0.2, 0.25) is 0 Å². The number of nitrogens with zero attached hydrogens (tertiary/aromatic N) is 1. The van der Waals surface area contributed by atoms with Gasteiger partial charge in [-0.1, -0.05) is 41.4 Å².